The highest BCUT2D eigenvalue weighted by Gasteiger charge is 2.21. The van der Waals surface area contributed by atoms with Gasteiger partial charge in [-0.05, 0) is 18.2 Å². The normalized spacial score (nSPS) is 14.2. The van der Waals surface area contributed by atoms with Crippen LogP contribution in [0.3, 0.4) is 0 Å². The van der Waals surface area contributed by atoms with Crippen LogP contribution < -0.4 is 5.32 Å². The molecule has 2 rings (SSSR count). The van der Waals surface area contributed by atoms with Gasteiger partial charge in [0.1, 0.15) is 0 Å². The van der Waals surface area contributed by atoms with Crippen LogP contribution in [-0.4, -0.2) is 61.4 Å². The van der Waals surface area contributed by atoms with Gasteiger partial charge in [-0.2, -0.15) is 0 Å². The average Bonchev–Trinajstić information content (AvgIpc) is 2.46. The summed E-state index contributed by atoms with van der Waals surface area (Å²) >= 11 is 11.8. The molecule has 0 unspecified atom stereocenters. The highest BCUT2D eigenvalue weighted by Crippen LogP contribution is 2.20. The summed E-state index contributed by atoms with van der Waals surface area (Å²) in [7, 11) is 1.59. The van der Waals surface area contributed by atoms with E-state index in [-0.39, 0.29) is 30.8 Å². The summed E-state index contributed by atoms with van der Waals surface area (Å²) in [4.78, 5) is 27.6. The topological polar surface area (TPSA) is 52.7 Å². The van der Waals surface area contributed by atoms with Gasteiger partial charge in [-0.15, -0.1) is 12.4 Å². The molecule has 1 aromatic rings. The van der Waals surface area contributed by atoms with Crippen molar-refractivity contribution in [1.82, 2.24) is 15.1 Å². The molecule has 122 valence electrons. The van der Waals surface area contributed by atoms with Gasteiger partial charge in [0.15, 0.2) is 0 Å². The first kappa shape index (κ1) is 19.0. The van der Waals surface area contributed by atoms with E-state index in [9.17, 15) is 9.59 Å². The third-order valence-corrected chi connectivity index (χ3v) is 3.73. The molecule has 0 radical (unpaired) electrons. The Labute approximate surface area is 145 Å². The molecule has 0 aromatic heterocycles. The zero-order valence-electron chi connectivity index (χ0n) is 12.1. The molecular formula is C14H18Cl3N3O2. The van der Waals surface area contributed by atoms with Crippen molar-refractivity contribution in [2.24, 2.45) is 0 Å². The lowest BCUT2D eigenvalue weighted by molar-refractivity contribution is -0.132. The number of piperazine rings is 1. The first-order chi connectivity index (χ1) is 9.97. The summed E-state index contributed by atoms with van der Waals surface area (Å²) in [5.74, 6) is -0.330. The SMILES string of the molecule is CN(CC(=O)N1CCNCC1)C(=O)c1cc(Cl)cc(Cl)c1.Cl. The molecule has 0 aliphatic carbocycles. The zero-order chi connectivity index (χ0) is 15.4. The van der Waals surface area contributed by atoms with Crippen LogP contribution in [0.15, 0.2) is 18.2 Å². The molecule has 1 saturated heterocycles. The minimum atomic E-state index is -0.275. The second-order valence-corrected chi connectivity index (χ2v) is 5.82. The second kappa shape index (κ2) is 8.58. The van der Waals surface area contributed by atoms with E-state index in [1.807, 2.05) is 0 Å². The number of nitrogens with one attached hydrogen (secondary N) is 1. The van der Waals surface area contributed by atoms with Crippen molar-refractivity contribution in [3.05, 3.63) is 33.8 Å². The number of rotatable bonds is 3. The molecule has 0 bridgehead atoms. The first-order valence-electron chi connectivity index (χ1n) is 6.67. The van der Waals surface area contributed by atoms with Crippen LogP contribution in [0.4, 0.5) is 0 Å². The monoisotopic (exact) mass is 365 g/mol. The molecule has 0 spiro atoms. The number of benzene rings is 1. The molecule has 1 heterocycles. The van der Waals surface area contributed by atoms with Crippen molar-refractivity contribution in [3.8, 4) is 0 Å². The minimum absolute atomic E-state index is 0. The maximum Gasteiger partial charge on any atom is 0.254 e. The Hall–Kier alpha value is -1.01. The van der Waals surface area contributed by atoms with Crippen molar-refractivity contribution in [1.29, 1.82) is 0 Å². The Morgan fingerprint density at radius 3 is 2.27 bits per heavy atom. The third-order valence-electron chi connectivity index (χ3n) is 3.30. The number of nitrogens with zero attached hydrogens (tertiary/aromatic N) is 2. The predicted molar refractivity (Wildman–Crippen MR) is 90.1 cm³/mol. The molecule has 22 heavy (non-hydrogen) atoms. The first-order valence-corrected chi connectivity index (χ1v) is 7.43. The van der Waals surface area contributed by atoms with Crippen LogP contribution >= 0.6 is 35.6 Å². The maximum atomic E-state index is 12.3. The number of amides is 2. The lowest BCUT2D eigenvalue weighted by Crippen LogP contribution is -2.49. The number of likely N-dealkylation sites (N-methyl/N-ethyl adjacent to an activating group) is 1. The third kappa shape index (κ3) is 5.02. The van der Waals surface area contributed by atoms with Crippen molar-refractivity contribution in [2.45, 2.75) is 0 Å². The Morgan fingerprint density at radius 1 is 1.18 bits per heavy atom. The van der Waals surface area contributed by atoms with E-state index < -0.39 is 0 Å². The van der Waals surface area contributed by atoms with Crippen molar-refractivity contribution >= 4 is 47.4 Å². The number of carbonyl (C=O) groups excluding carboxylic acids is 2. The maximum absolute atomic E-state index is 12.3. The number of hydrogen-bond acceptors (Lipinski definition) is 3. The number of hydrogen-bond donors (Lipinski definition) is 1. The highest BCUT2D eigenvalue weighted by molar-refractivity contribution is 6.35. The largest absolute Gasteiger partial charge is 0.339 e. The van der Waals surface area contributed by atoms with E-state index >= 15 is 0 Å². The summed E-state index contributed by atoms with van der Waals surface area (Å²) in [6.07, 6.45) is 0. The standard InChI is InChI=1S/C14H17Cl2N3O2.ClH/c1-18(9-13(20)19-4-2-17-3-5-19)14(21)10-6-11(15)8-12(16)7-10;/h6-8,17H,2-5,9H2,1H3;1H. The van der Waals surface area contributed by atoms with E-state index in [2.05, 4.69) is 5.32 Å². The van der Waals surface area contributed by atoms with Gasteiger partial charge in [0.25, 0.3) is 5.91 Å². The molecule has 2 amide bonds. The average molecular weight is 367 g/mol. The predicted octanol–water partition coefficient (Wildman–Crippen LogP) is 1.92. The van der Waals surface area contributed by atoms with E-state index in [0.29, 0.717) is 28.7 Å². The highest BCUT2D eigenvalue weighted by atomic mass is 35.5. The Bertz CT molecular complexity index is 528. The summed E-state index contributed by atoms with van der Waals surface area (Å²) in [5, 5.41) is 3.97. The van der Waals surface area contributed by atoms with E-state index in [1.165, 1.54) is 4.90 Å². The van der Waals surface area contributed by atoms with Crippen LogP contribution in [0, 0.1) is 0 Å². The Kier molecular flexibility index (Phi) is 7.42. The van der Waals surface area contributed by atoms with Crippen molar-refractivity contribution in [3.63, 3.8) is 0 Å². The second-order valence-electron chi connectivity index (χ2n) is 4.95. The van der Waals surface area contributed by atoms with Crippen molar-refractivity contribution < 1.29 is 9.59 Å². The van der Waals surface area contributed by atoms with Crippen LogP contribution in [0.25, 0.3) is 0 Å². The smallest absolute Gasteiger partial charge is 0.254 e. The fourth-order valence-electron chi connectivity index (χ4n) is 2.19. The van der Waals surface area contributed by atoms with Crippen molar-refractivity contribution in [2.75, 3.05) is 39.8 Å². The van der Waals surface area contributed by atoms with Crippen LogP contribution in [0.5, 0.6) is 0 Å². The van der Waals surface area contributed by atoms with Gasteiger partial charge in [-0.25, -0.2) is 0 Å². The Balaban J connectivity index is 0.00000242. The van der Waals surface area contributed by atoms with Gasteiger partial charge in [-0.1, -0.05) is 23.2 Å². The molecule has 1 aromatic carbocycles. The molecule has 0 atom stereocenters. The summed E-state index contributed by atoms with van der Waals surface area (Å²) in [6.45, 7) is 2.96. The fourth-order valence-corrected chi connectivity index (χ4v) is 2.71. The zero-order valence-corrected chi connectivity index (χ0v) is 14.5. The molecule has 1 N–H and O–H groups in total. The molecule has 1 aliphatic heterocycles. The van der Waals surface area contributed by atoms with Gasteiger partial charge in [0.05, 0.1) is 6.54 Å². The molecule has 0 saturated carbocycles. The summed E-state index contributed by atoms with van der Waals surface area (Å²) in [6, 6.07) is 4.65. The summed E-state index contributed by atoms with van der Waals surface area (Å²) in [5.41, 5.74) is 0.378. The van der Waals surface area contributed by atoms with Gasteiger partial charge in [-0.3, -0.25) is 9.59 Å². The van der Waals surface area contributed by atoms with E-state index in [0.717, 1.165) is 13.1 Å². The molecule has 5 nitrogen and oxygen atoms in total. The van der Waals surface area contributed by atoms with E-state index in [1.54, 1.807) is 30.1 Å². The lowest BCUT2D eigenvalue weighted by Gasteiger charge is -2.29. The van der Waals surface area contributed by atoms with Crippen LogP contribution in [-0.2, 0) is 4.79 Å². The van der Waals surface area contributed by atoms with Gasteiger partial charge in [0.2, 0.25) is 5.91 Å². The summed E-state index contributed by atoms with van der Waals surface area (Å²) < 4.78 is 0. The molecule has 8 heteroatoms. The van der Waals surface area contributed by atoms with Gasteiger partial charge < -0.3 is 15.1 Å². The molecule has 1 fully saturated rings. The minimum Gasteiger partial charge on any atom is -0.339 e. The molecule has 1 aliphatic rings. The van der Waals surface area contributed by atoms with Crippen LogP contribution in [0.2, 0.25) is 10.0 Å². The Morgan fingerprint density at radius 2 is 1.73 bits per heavy atom. The molecular weight excluding hydrogens is 349 g/mol. The quantitative estimate of drug-likeness (QED) is 0.889. The van der Waals surface area contributed by atoms with Gasteiger partial charge >= 0.3 is 0 Å². The van der Waals surface area contributed by atoms with Crippen LogP contribution in [0.1, 0.15) is 10.4 Å². The lowest BCUT2D eigenvalue weighted by atomic mass is 10.2. The van der Waals surface area contributed by atoms with E-state index in [4.69, 9.17) is 23.2 Å². The fraction of sp³-hybridized carbons (Fsp3) is 0.429. The van der Waals surface area contributed by atoms with Gasteiger partial charge in [0, 0.05) is 48.8 Å². The number of halogens is 3. The number of carbonyl (C=O) groups is 2.